The van der Waals surface area contributed by atoms with Crippen molar-refractivity contribution in [2.45, 2.75) is 142 Å². The zero-order chi connectivity index (χ0) is 32.4. The predicted octanol–water partition coefficient (Wildman–Crippen LogP) is 6.60. The molecule has 0 aliphatic carbocycles. The number of carbonyl (C=O) groups excluding carboxylic acids is 1. The molecule has 0 radical (unpaired) electrons. The number of hydrogen-bond acceptors (Lipinski definition) is 7. The molecule has 0 unspecified atom stereocenters. The van der Waals surface area contributed by atoms with E-state index in [0.717, 1.165) is 12.8 Å². The number of hydrogen-bond donors (Lipinski definition) is 4. The van der Waals surface area contributed by atoms with Crippen LogP contribution in [0.1, 0.15) is 115 Å². The lowest BCUT2D eigenvalue weighted by Gasteiger charge is -2.47. The summed E-state index contributed by atoms with van der Waals surface area (Å²) in [6.45, 7) is 15.4. The lowest BCUT2D eigenvalue weighted by Crippen LogP contribution is -2.55. The van der Waals surface area contributed by atoms with Crippen LogP contribution in [-0.4, -0.2) is 67.8 Å². The van der Waals surface area contributed by atoms with Gasteiger partial charge in [-0.3, -0.25) is 4.79 Å². The van der Waals surface area contributed by atoms with Gasteiger partial charge in [0.1, 0.15) is 17.1 Å². The van der Waals surface area contributed by atoms with Crippen molar-refractivity contribution in [2.24, 2.45) is 23.7 Å². The second kappa shape index (κ2) is 14.3. The Bertz CT molecular complexity index is 1160. The molecule has 2 fully saturated rings. The summed E-state index contributed by atoms with van der Waals surface area (Å²) in [7, 11) is 0. The number of Topliss-reactive ketones (excluding diaryl/α,β-unsaturated/α-hetero) is 1. The standard InChI is InChI=1S/C34H53BrO8/c1-9-23(31-20(6)17-34(11-3,43-31)26-14-15-33(41,10-2)22(8)42-26)30(38)21(7)28(36)18(4)12-13-24-25(35)16-19(5)29(37)27(24)32(39)40/h16,18,20-23,26,28,31,36-37,41H,9-15,17H2,1-8H3,(H,39,40)/t18-,20+,21+,22+,23-,26-,28+,31+,33-,34+/m1/s1. The summed E-state index contributed by atoms with van der Waals surface area (Å²) in [6.07, 6.45) is 3.20. The molecule has 43 heavy (non-hydrogen) atoms. The maximum atomic E-state index is 13.9. The first-order valence-corrected chi connectivity index (χ1v) is 16.9. The van der Waals surface area contributed by atoms with Gasteiger partial charge in [-0.2, -0.15) is 0 Å². The average molecular weight is 670 g/mol. The lowest BCUT2D eigenvalue weighted by atomic mass is 9.76. The van der Waals surface area contributed by atoms with Crippen LogP contribution in [0.4, 0.5) is 0 Å². The van der Waals surface area contributed by atoms with Crippen LogP contribution >= 0.6 is 15.9 Å². The van der Waals surface area contributed by atoms with Crippen molar-refractivity contribution in [2.75, 3.05) is 0 Å². The van der Waals surface area contributed by atoms with E-state index < -0.39 is 29.2 Å². The number of aryl methyl sites for hydroxylation is 1. The minimum Gasteiger partial charge on any atom is -0.507 e. The summed E-state index contributed by atoms with van der Waals surface area (Å²) in [5.41, 5.74) is -0.546. The van der Waals surface area contributed by atoms with Crippen LogP contribution in [0, 0.1) is 30.6 Å². The highest BCUT2D eigenvalue weighted by molar-refractivity contribution is 9.10. The van der Waals surface area contributed by atoms with Crippen LogP contribution in [0.2, 0.25) is 0 Å². The van der Waals surface area contributed by atoms with E-state index in [1.165, 1.54) is 0 Å². The van der Waals surface area contributed by atoms with Crippen LogP contribution in [0.5, 0.6) is 5.75 Å². The van der Waals surface area contributed by atoms with Gasteiger partial charge in [-0.25, -0.2) is 4.79 Å². The van der Waals surface area contributed by atoms with Gasteiger partial charge in [-0.05, 0) is 94.2 Å². The average Bonchev–Trinajstić information content (AvgIpc) is 3.31. The zero-order valence-corrected chi connectivity index (χ0v) is 28.7. The first-order chi connectivity index (χ1) is 20.1. The number of halogens is 1. The number of rotatable bonds is 13. The molecule has 1 aromatic rings. The Kier molecular flexibility index (Phi) is 11.9. The predicted molar refractivity (Wildman–Crippen MR) is 169 cm³/mol. The number of phenols is 1. The van der Waals surface area contributed by atoms with Crippen LogP contribution < -0.4 is 0 Å². The fourth-order valence-corrected chi connectivity index (χ4v) is 8.27. The van der Waals surface area contributed by atoms with Gasteiger partial charge < -0.3 is 29.9 Å². The molecular weight excluding hydrogens is 616 g/mol. The first kappa shape index (κ1) is 36.0. The Hall–Kier alpha value is -1.52. The normalized spacial score (nSPS) is 32.3. The van der Waals surface area contributed by atoms with E-state index >= 15 is 0 Å². The zero-order valence-electron chi connectivity index (χ0n) is 27.2. The Morgan fingerprint density at radius 1 is 1.16 bits per heavy atom. The number of aromatic hydroxyl groups is 1. The topological polar surface area (TPSA) is 134 Å². The summed E-state index contributed by atoms with van der Waals surface area (Å²) in [5, 5.41) is 42.3. The van der Waals surface area contributed by atoms with Gasteiger partial charge in [0.05, 0.1) is 35.6 Å². The van der Waals surface area contributed by atoms with E-state index in [2.05, 4.69) is 29.8 Å². The highest BCUT2D eigenvalue weighted by Crippen LogP contribution is 2.48. The molecule has 3 rings (SSSR count). The van der Waals surface area contributed by atoms with Crippen LogP contribution in [0.3, 0.4) is 0 Å². The lowest BCUT2D eigenvalue weighted by molar-refractivity contribution is -0.229. The molecule has 2 heterocycles. The number of aromatic carboxylic acids is 1. The van der Waals surface area contributed by atoms with Gasteiger partial charge >= 0.3 is 5.97 Å². The fraction of sp³-hybridized carbons (Fsp3) is 0.765. The van der Waals surface area contributed by atoms with Crippen molar-refractivity contribution < 1.29 is 39.5 Å². The Balaban J connectivity index is 1.71. The smallest absolute Gasteiger partial charge is 0.339 e. The summed E-state index contributed by atoms with van der Waals surface area (Å²) in [6, 6.07) is 1.69. The first-order valence-electron chi connectivity index (χ1n) is 16.1. The summed E-state index contributed by atoms with van der Waals surface area (Å²) >= 11 is 3.44. The molecule has 0 spiro atoms. The van der Waals surface area contributed by atoms with E-state index in [9.17, 15) is 30.0 Å². The molecule has 1 aromatic carbocycles. The van der Waals surface area contributed by atoms with E-state index in [1.807, 2.05) is 27.7 Å². The second-order valence-corrected chi connectivity index (χ2v) is 14.2. The molecule has 10 atom stereocenters. The number of benzene rings is 1. The van der Waals surface area contributed by atoms with Crippen LogP contribution in [-0.2, 0) is 20.7 Å². The van der Waals surface area contributed by atoms with Crippen molar-refractivity contribution in [3.63, 3.8) is 0 Å². The van der Waals surface area contributed by atoms with Gasteiger partial charge in [0.2, 0.25) is 0 Å². The Labute approximate surface area is 265 Å². The quantitative estimate of drug-likeness (QED) is 0.185. The second-order valence-electron chi connectivity index (χ2n) is 13.3. The van der Waals surface area contributed by atoms with Gasteiger partial charge in [0.15, 0.2) is 0 Å². The molecule has 244 valence electrons. The number of aliphatic hydroxyl groups is 2. The van der Waals surface area contributed by atoms with Gasteiger partial charge in [0, 0.05) is 16.3 Å². The third-order valence-corrected chi connectivity index (χ3v) is 11.4. The van der Waals surface area contributed by atoms with Crippen LogP contribution in [0.15, 0.2) is 10.5 Å². The van der Waals surface area contributed by atoms with E-state index in [1.54, 1.807) is 19.9 Å². The molecule has 2 saturated heterocycles. The Morgan fingerprint density at radius 2 is 1.81 bits per heavy atom. The molecule has 4 N–H and O–H groups in total. The van der Waals surface area contributed by atoms with Gasteiger partial charge in [-0.15, -0.1) is 0 Å². The third-order valence-electron chi connectivity index (χ3n) is 10.7. The SMILES string of the molecule is CC[C@H](C(=O)[C@@H](C)[C@@H](O)[C@H](C)CCc1c(Br)cc(C)c(O)c1C(=O)O)[C@H]1O[C@](CC)([C@H]2CC[C@](O)(CC)[C@H](C)O2)C[C@@H]1C. The largest absolute Gasteiger partial charge is 0.507 e. The number of ether oxygens (including phenoxy) is 2. The van der Waals surface area contributed by atoms with E-state index in [0.29, 0.717) is 54.1 Å². The van der Waals surface area contributed by atoms with Crippen molar-refractivity contribution >= 4 is 27.7 Å². The summed E-state index contributed by atoms with van der Waals surface area (Å²) in [4.78, 5) is 25.8. The maximum Gasteiger partial charge on any atom is 0.339 e. The molecule has 2 aliphatic heterocycles. The minimum atomic E-state index is -1.21. The highest BCUT2D eigenvalue weighted by Gasteiger charge is 2.55. The van der Waals surface area contributed by atoms with Gasteiger partial charge in [-0.1, -0.05) is 57.5 Å². The fourth-order valence-electron chi connectivity index (χ4n) is 7.53. The number of ketones is 1. The molecule has 0 saturated carbocycles. The highest BCUT2D eigenvalue weighted by atomic mass is 79.9. The number of carboxylic acids is 1. The maximum absolute atomic E-state index is 13.9. The molecule has 9 heteroatoms. The number of carboxylic acid groups (broad SMARTS) is 1. The van der Waals surface area contributed by atoms with Crippen LogP contribution in [0.25, 0.3) is 0 Å². The summed E-state index contributed by atoms with van der Waals surface area (Å²) in [5.74, 6) is -2.66. The minimum absolute atomic E-state index is 0.0238. The summed E-state index contributed by atoms with van der Waals surface area (Å²) < 4.78 is 13.9. The molecule has 8 nitrogen and oxygen atoms in total. The van der Waals surface area contributed by atoms with Crippen molar-refractivity contribution in [1.29, 1.82) is 0 Å². The van der Waals surface area contributed by atoms with Crippen molar-refractivity contribution in [3.05, 3.63) is 27.2 Å². The molecule has 0 bridgehead atoms. The van der Waals surface area contributed by atoms with Crippen molar-refractivity contribution in [3.8, 4) is 5.75 Å². The monoisotopic (exact) mass is 668 g/mol. The van der Waals surface area contributed by atoms with E-state index in [-0.39, 0.29) is 53.2 Å². The number of carbonyl (C=O) groups is 2. The van der Waals surface area contributed by atoms with Crippen molar-refractivity contribution in [1.82, 2.24) is 0 Å². The third kappa shape index (κ3) is 7.16. The molecule has 0 amide bonds. The number of aliphatic hydroxyl groups excluding tert-OH is 1. The molecule has 2 aliphatic rings. The Morgan fingerprint density at radius 3 is 2.35 bits per heavy atom. The molecule has 0 aromatic heterocycles. The van der Waals surface area contributed by atoms with E-state index in [4.69, 9.17) is 9.47 Å². The van der Waals surface area contributed by atoms with Gasteiger partial charge in [0.25, 0.3) is 0 Å². The molecular formula is C34H53BrO8.